The molecule has 0 atom stereocenters. The Labute approximate surface area is 123 Å². The van der Waals surface area contributed by atoms with Crippen molar-refractivity contribution in [3.05, 3.63) is 29.3 Å². The van der Waals surface area contributed by atoms with Crippen molar-refractivity contribution in [3.63, 3.8) is 0 Å². The van der Waals surface area contributed by atoms with E-state index in [1.807, 2.05) is 18.2 Å². The summed E-state index contributed by atoms with van der Waals surface area (Å²) < 4.78 is 0. The van der Waals surface area contributed by atoms with Gasteiger partial charge in [0.05, 0.1) is 18.4 Å². The highest BCUT2D eigenvalue weighted by Gasteiger charge is 2.31. The first kappa shape index (κ1) is 14.1. The minimum absolute atomic E-state index is 0.00458. The Morgan fingerprint density at radius 2 is 2.10 bits per heavy atom. The van der Waals surface area contributed by atoms with Crippen LogP contribution in [0.25, 0.3) is 0 Å². The second-order valence-corrected chi connectivity index (χ2v) is 6.10. The molecule has 1 heterocycles. The van der Waals surface area contributed by atoms with Gasteiger partial charge in [-0.25, -0.2) is 0 Å². The zero-order chi connectivity index (χ0) is 14.9. The number of amides is 2. The Hall–Kier alpha value is -1.88. The first-order chi connectivity index (χ1) is 10.0. The van der Waals surface area contributed by atoms with Crippen LogP contribution in [-0.2, 0) is 22.4 Å². The molecule has 112 valence electrons. The summed E-state index contributed by atoms with van der Waals surface area (Å²) in [5, 5.41) is 15.8. The van der Waals surface area contributed by atoms with Gasteiger partial charge >= 0.3 is 0 Å². The number of hydrogen-bond donors (Lipinski definition) is 3. The number of anilines is 1. The monoisotopic (exact) mass is 288 g/mol. The molecular formula is C16H20N2O3. The zero-order valence-electron chi connectivity index (χ0n) is 11.9. The molecule has 1 aliphatic carbocycles. The van der Waals surface area contributed by atoms with Crippen molar-refractivity contribution in [1.82, 2.24) is 5.32 Å². The summed E-state index contributed by atoms with van der Waals surface area (Å²) in [7, 11) is 0. The third kappa shape index (κ3) is 3.24. The highest BCUT2D eigenvalue weighted by Crippen LogP contribution is 2.28. The van der Waals surface area contributed by atoms with Crippen LogP contribution in [0.4, 0.5) is 5.69 Å². The van der Waals surface area contributed by atoms with Crippen LogP contribution in [-0.4, -0.2) is 29.1 Å². The van der Waals surface area contributed by atoms with Crippen LogP contribution in [0.15, 0.2) is 18.2 Å². The number of fused-ring (bicyclic) bond motifs is 1. The maximum Gasteiger partial charge on any atom is 0.228 e. The van der Waals surface area contributed by atoms with Crippen LogP contribution >= 0.6 is 0 Å². The van der Waals surface area contributed by atoms with Crippen LogP contribution in [0.3, 0.4) is 0 Å². The van der Waals surface area contributed by atoms with Crippen LogP contribution in [0, 0.1) is 0 Å². The molecule has 0 saturated heterocycles. The molecule has 0 spiro atoms. The second-order valence-electron chi connectivity index (χ2n) is 6.10. The third-order valence-electron chi connectivity index (χ3n) is 4.31. The lowest BCUT2D eigenvalue weighted by molar-refractivity contribution is -0.121. The molecule has 0 radical (unpaired) electrons. The molecule has 5 nitrogen and oxygen atoms in total. The van der Waals surface area contributed by atoms with Gasteiger partial charge in [-0.15, -0.1) is 0 Å². The molecule has 2 aliphatic rings. The van der Waals surface area contributed by atoms with Gasteiger partial charge in [-0.1, -0.05) is 25.0 Å². The van der Waals surface area contributed by atoms with E-state index in [-0.39, 0.29) is 18.2 Å². The van der Waals surface area contributed by atoms with Crippen molar-refractivity contribution in [2.45, 2.75) is 44.1 Å². The third-order valence-corrected chi connectivity index (χ3v) is 4.31. The highest BCUT2D eigenvalue weighted by molar-refractivity contribution is 5.99. The van der Waals surface area contributed by atoms with Crippen LogP contribution in [0.5, 0.6) is 0 Å². The fourth-order valence-electron chi connectivity index (χ4n) is 3.09. The van der Waals surface area contributed by atoms with E-state index in [9.17, 15) is 14.7 Å². The Balaban J connectivity index is 1.55. The summed E-state index contributed by atoms with van der Waals surface area (Å²) >= 11 is 0. The summed E-state index contributed by atoms with van der Waals surface area (Å²) in [5.74, 6) is -0.102. The molecule has 21 heavy (non-hydrogen) atoms. The number of benzene rings is 1. The van der Waals surface area contributed by atoms with E-state index in [1.54, 1.807) is 0 Å². The van der Waals surface area contributed by atoms with Crippen molar-refractivity contribution in [2.75, 3.05) is 11.9 Å². The van der Waals surface area contributed by atoms with E-state index >= 15 is 0 Å². The first-order valence-electron chi connectivity index (χ1n) is 7.45. The second kappa shape index (κ2) is 5.48. The lowest BCUT2D eigenvalue weighted by Gasteiger charge is -2.22. The van der Waals surface area contributed by atoms with Gasteiger partial charge in [-0.2, -0.15) is 0 Å². The maximum absolute atomic E-state index is 12.0. The van der Waals surface area contributed by atoms with Gasteiger partial charge < -0.3 is 15.7 Å². The molecule has 1 fully saturated rings. The fourth-order valence-corrected chi connectivity index (χ4v) is 3.09. The summed E-state index contributed by atoms with van der Waals surface area (Å²) in [6.45, 7) is 0.327. The summed E-state index contributed by atoms with van der Waals surface area (Å²) in [4.78, 5) is 23.3. The molecule has 3 N–H and O–H groups in total. The number of aliphatic hydroxyl groups is 1. The lowest BCUT2D eigenvalue weighted by Crippen LogP contribution is -2.41. The molecule has 1 aromatic rings. The molecule has 0 bridgehead atoms. The van der Waals surface area contributed by atoms with Crippen molar-refractivity contribution in [2.24, 2.45) is 0 Å². The van der Waals surface area contributed by atoms with Gasteiger partial charge in [0.1, 0.15) is 0 Å². The average Bonchev–Trinajstić information content (AvgIpc) is 3.02. The Kier molecular flexibility index (Phi) is 3.68. The largest absolute Gasteiger partial charge is 0.388 e. The molecule has 0 aromatic heterocycles. The van der Waals surface area contributed by atoms with Crippen molar-refractivity contribution < 1.29 is 14.7 Å². The molecule has 1 aliphatic heterocycles. The molecular weight excluding hydrogens is 268 g/mol. The van der Waals surface area contributed by atoms with E-state index < -0.39 is 5.60 Å². The summed E-state index contributed by atoms with van der Waals surface area (Å²) in [6.07, 6.45) is 4.25. The predicted octanol–water partition coefficient (Wildman–Crippen LogP) is 1.14. The number of rotatable bonds is 4. The molecule has 0 unspecified atom stereocenters. The van der Waals surface area contributed by atoms with Crippen molar-refractivity contribution in [3.8, 4) is 0 Å². The van der Waals surface area contributed by atoms with Crippen LogP contribution < -0.4 is 10.6 Å². The minimum atomic E-state index is -0.721. The average molecular weight is 288 g/mol. The first-order valence-corrected chi connectivity index (χ1v) is 7.45. The van der Waals surface area contributed by atoms with E-state index in [0.29, 0.717) is 13.0 Å². The Bertz CT molecular complexity index is 577. The maximum atomic E-state index is 12.0. The zero-order valence-corrected chi connectivity index (χ0v) is 11.9. The van der Waals surface area contributed by atoms with E-state index in [0.717, 1.165) is 42.5 Å². The quantitative estimate of drug-likeness (QED) is 0.777. The van der Waals surface area contributed by atoms with Crippen LogP contribution in [0.2, 0.25) is 0 Å². The summed E-state index contributed by atoms with van der Waals surface area (Å²) in [5.41, 5.74) is 1.93. The normalized spacial score (nSPS) is 19.2. The topological polar surface area (TPSA) is 78.4 Å². The smallest absolute Gasteiger partial charge is 0.228 e. The molecule has 1 aromatic carbocycles. The molecule has 2 amide bonds. The van der Waals surface area contributed by atoms with Gasteiger partial charge in [-0.3, -0.25) is 9.59 Å². The van der Waals surface area contributed by atoms with Gasteiger partial charge in [0, 0.05) is 12.2 Å². The molecule has 5 heteroatoms. The van der Waals surface area contributed by atoms with E-state index in [2.05, 4.69) is 10.6 Å². The fraction of sp³-hybridized carbons (Fsp3) is 0.500. The minimum Gasteiger partial charge on any atom is -0.388 e. The highest BCUT2D eigenvalue weighted by atomic mass is 16.3. The number of carbonyl (C=O) groups excluding carboxylic acids is 2. The Morgan fingerprint density at radius 1 is 1.33 bits per heavy atom. The van der Waals surface area contributed by atoms with Crippen molar-refractivity contribution >= 4 is 17.5 Å². The standard InChI is InChI=1S/C16H20N2O3/c19-14(17-10-16(21)5-1-2-6-16)8-11-3-4-12-9-15(20)18-13(12)7-11/h3-4,7,21H,1-2,5-6,8-10H2,(H,17,19)(H,18,20). The van der Waals surface area contributed by atoms with Gasteiger partial charge in [0.15, 0.2) is 0 Å². The SMILES string of the molecule is O=C(Cc1ccc2c(c1)NC(=O)C2)NCC1(O)CCCC1. The van der Waals surface area contributed by atoms with Gasteiger partial charge in [0.25, 0.3) is 0 Å². The molecule has 1 saturated carbocycles. The van der Waals surface area contributed by atoms with E-state index in [1.165, 1.54) is 0 Å². The van der Waals surface area contributed by atoms with Gasteiger partial charge in [0.2, 0.25) is 11.8 Å². The Morgan fingerprint density at radius 3 is 2.86 bits per heavy atom. The lowest BCUT2D eigenvalue weighted by atomic mass is 10.0. The number of nitrogens with one attached hydrogen (secondary N) is 2. The summed E-state index contributed by atoms with van der Waals surface area (Å²) in [6, 6.07) is 5.62. The molecule has 3 rings (SSSR count). The number of hydrogen-bond acceptors (Lipinski definition) is 3. The van der Waals surface area contributed by atoms with Gasteiger partial charge in [-0.05, 0) is 30.0 Å². The predicted molar refractivity (Wildman–Crippen MR) is 78.9 cm³/mol. The van der Waals surface area contributed by atoms with Crippen molar-refractivity contribution in [1.29, 1.82) is 0 Å². The van der Waals surface area contributed by atoms with E-state index in [4.69, 9.17) is 0 Å². The number of carbonyl (C=O) groups is 2. The van der Waals surface area contributed by atoms with Crippen LogP contribution in [0.1, 0.15) is 36.8 Å².